The van der Waals surface area contributed by atoms with E-state index < -0.39 is 4.92 Å². The molecule has 0 aliphatic carbocycles. The Morgan fingerprint density at radius 3 is 2.72 bits per heavy atom. The Balaban J connectivity index is 2.95. The van der Waals surface area contributed by atoms with Gasteiger partial charge in [0.2, 0.25) is 0 Å². The molecule has 0 aliphatic rings. The zero-order chi connectivity index (χ0) is 13.5. The van der Waals surface area contributed by atoms with E-state index in [1.807, 2.05) is 6.92 Å². The number of hydrogen-bond donors (Lipinski definition) is 2. The number of benzene rings is 1. The first-order valence-electron chi connectivity index (χ1n) is 6.00. The molecule has 0 fully saturated rings. The summed E-state index contributed by atoms with van der Waals surface area (Å²) in [6.45, 7) is 4.72. The first kappa shape index (κ1) is 14.2. The fourth-order valence-corrected chi connectivity index (χ4v) is 1.59. The number of nitrogens with zero attached hydrogens (tertiary/aromatic N) is 1. The lowest BCUT2D eigenvalue weighted by Gasteiger charge is -2.16. The van der Waals surface area contributed by atoms with Crippen LogP contribution in [0.2, 0.25) is 0 Å². The minimum Gasteiger partial charge on any atom is -0.487 e. The van der Waals surface area contributed by atoms with Crippen molar-refractivity contribution in [3.63, 3.8) is 0 Å². The molecule has 1 atom stereocenters. The standard InChI is InChI=1S/C12H19N3O3/c1-3-9(8-13)14-10-5-6-11(15(16)17)12(7-10)18-4-2/h5-7,9,14H,3-4,8,13H2,1-2H3. The van der Waals surface area contributed by atoms with Crippen molar-refractivity contribution in [1.29, 1.82) is 0 Å². The Hall–Kier alpha value is -1.82. The van der Waals surface area contributed by atoms with Gasteiger partial charge in [0.15, 0.2) is 5.75 Å². The van der Waals surface area contributed by atoms with Gasteiger partial charge in [0, 0.05) is 30.4 Å². The van der Waals surface area contributed by atoms with Crippen molar-refractivity contribution in [3.05, 3.63) is 28.3 Å². The van der Waals surface area contributed by atoms with Gasteiger partial charge < -0.3 is 15.8 Å². The van der Waals surface area contributed by atoms with Crippen molar-refractivity contribution < 1.29 is 9.66 Å². The van der Waals surface area contributed by atoms with E-state index in [0.29, 0.717) is 13.2 Å². The third kappa shape index (κ3) is 3.59. The van der Waals surface area contributed by atoms with Crippen molar-refractivity contribution in [2.75, 3.05) is 18.5 Å². The van der Waals surface area contributed by atoms with Gasteiger partial charge in [-0.1, -0.05) is 6.92 Å². The summed E-state index contributed by atoms with van der Waals surface area (Å²) < 4.78 is 5.27. The summed E-state index contributed by atoms with van der Waals surface area (Å²) >= 11 is 0. The molecule has 0 amide bonds. The number of nitro groups is 1. The van der Waals surface area contributed by atoms with Gasteiger partial charge in [-0.05, 0) is 19.4 Å². The Bertz CT molecular complexity index is 406. The minimum atomic E-state index is -0.449. The van der Waals surface area contributed by atoms with E-state index in [0.717, 1.165) is 12.1 Å². The summed E-state index contributed by atoms with van der Waals surface area (Å²) in [6.07, 6.45) is 0.886. The Morgan fingerprint density at radius 1 is 1.50 bits per heavy atom. The minimum absolute atomic E-state index is 0.0248. The van der Waals surface area contributed by atoms with Gasteiger partial charge in [-0.3, -0.25) is 10.1 Å². The first-order chi connectivity index (χ1) is 8.62. The molecular weight excluding hydrogens is 234 g/mol. The van der Waals surface area contributed by atoms with Gasteiger partial charge in [0.05, 0.1) is 11.5 Å². The first-order valence-corrected chi connectivity index (χ1v) is 6.00. The Labute approximate surface area is 106 Å². The van der Waals surface area contributed by atoms with Crippen LogP contribution in [0.4, 0.5) is 11.4 Å². The van der Waals surface area contributed by atoms with Gasteiger partial charge >= 0.3 is 5.69 Å². The number of hydrogen-bond acceptors (Lipinski definition) is 5. The molecule has 6 heteroatoms. The topological polar surface area (TPSA) is 90.4 Å². The number of rotatable bonds is 7. The quantitative estimate of drug-likeness (QED) is 0.574. The predicted molar refractivity (Wildman–Crippen MR) is 71.0 cm³/mol. The summed E-state index contributed by atoms with van der Waals surface area (Å²) in [7, 11) is 0. The van der Waals surface area contributed by atoms with Crippen LogP contribution in [0.1, 0.15) is 20.3 Å². The Kier molecular flexibility index (Phi) is 5.38. The third-order valence-electron chi connectivity index (χ3n) is 2.60. The van der Waals surface area contributed by atoms with E-state index in [2.05, 4.69) is 5.32 Å². The zero-order valence-electron chi connectivity index (χ0n) is 10.7. The number of ether oxygens (including phenoxy) is 1. The van der Waals surface area contributed by atoms with Gasteiger partial charge in [0.1, 0.15) is 0 Å². The third-order valence-corrected chi connectivity index (χ3v) is 2.60. The van der Waals surface area contributed by atoms with Gasteiger partial charge in [-0.2, -0.15) is 0 Å². The van der Waals surface area contributed by atoms with Crippen LogP contribution in [-0.4, -0.2) is 24.1 Å². The van der Waals surface area contributed by atoms with Crippen LogP contribution in [0.3, 0.4) is 0 Å². The van der Waals surface area contributed by atoms with Crippen molar-refractivity contribution in [1.82, 2.24) is 0 Å². The van der Waals surface area contributed by atoms with E-state index in [1.165, 1.54) is 6.07 Å². The van der Waals surface area contributed by atoms with Crippen LogP contribution in [0.15, 0.2) is 18.2 Å². The van der Waals surface area contributed by atoms with E-state index in [1.54, 1.807) is 19.1 Å². The lowest BCUT2D eigenvalue weighted by molar-refractivity contribution is -0.385. The predicted octanol–water partition coefficient (Wildman–Crippen LogP) is 2.14. The lowest BCUT2D eigenvalue weighted by atomic mass is 10.2. The van der Waals surface area contributed by atoms with Crippen molar-refractivity contribution in [2.24, 2.45) is 5.73 Å². The second-order valence-corrected chi connectivity index (χ2v) is 3.86. The SMILES string of the molecule is CCOc1cc(NC(CC)CN)ccc1[N+](=O)[O-]. The highest BCUT2D eigenvalue weighted by Crippen LogP contribution is 2.30. The molecule has 1 aromatic carbocycles. The monoisotopic (exact) mass is 253 g/mol. The van der Waals surface area contributed by atoms with Crippen LogP contribution in [0, 0.1) is 10.1 Å². The van der Waals surface area contributed by atoms with E-state index in [-0.39, 0.29) is 17.5 Å². The number of nitrogens with one attached hydrogen (secondary N) is 1. The highest BCUT2D eigenvalue weighted by Gasteiger charge is 2.16. The van der Waals surface area contributed by atoms with Crippen molar-refractivity contribution in [2.45, 2.75) is 26.3 Å². The highest BCUT2D eigenvalue weighted by atomic mass is 16.6. The van der Waals surface area contributed by atoms with Crippen LogP contribution in [-0.2, 0) is 0 Å². The maximum absolute atomic E-state index is 10.8. The normalized spacial score (nSPS) is 11.9. The van der Waals surface area contributed by atoms with E-state index >= 15 is 0 Å². The second-order valence-electron chi connectivity index (χ2n) is 3.86. The molecule has 6 nitrogen and oxygen atoms in total. The molecule has 1 rings (SSSR count). The maximum atomic E-state index is 10.8. The van der Waals surface area contributed by atoms with Gasteiger partial charge in [-0.25, -0.2) is 0 Å². The van der Waals surface area contributed by atoms with Crippen LogP contribution >= 0.6 is 0 Å². The summed E-state index contributed by atoms with van der Waals surface area (Å²) in [5.74, 6) is 0.277. The van der Waals surface area contributed by atoms with Gasteiger partial charge in [0.25, 0.3) is 0 Å². The molecule has 1 aromatic rings. The molecule has 0 aliphatic heterocycles. The molecule has 0 saturated heterocycles. The molecule has 0 aromatic heterocycles. The largest absolute Gasteiger partial charge is 0.487 e. The molecule has 0 saturated carbocycles. The smallest absolute Gasteiger partial charge is 0.311 e. The average Bonchev–Trinajstić information content (AvgIpc) is 2.36. The molecule has 0 heterocycles. The van der Waals surface area contributed by atoms with Crippen LogP contribution in [0.5, 0.6) is 5.75 Å². The molecule has 3 N–H and O–H groups in total. The molecule has 1 unspecified atom stereocenters. The molecule has 0 bridgehead atoms. The average molecular weight is 253 g/mol. The molecule has 18 heavy (non-hydrogen) atoms. The van der Waals surface area contributed by atoms with Crippen LogP contribution < -0.4 is 15.8 Å². The van der Waals surface area contributed by atoms with E-state index in [4.69, 9.17) is 10.5 Å². The van der Waals surface area contributed by atoms with Gasteiger partial charge in [-0.15, -0.1) is 0 Å². The van der Waals surface area contributed by atoms with Crippen LogP contribution in [0.25, 0.3) is 0 Å². The Morgan fingerprint density at radius 2 is 2.22 bits per heavy atom. The zero-order valence-corrected chi connectivity index (χ0v) is 10.7. The number of nitro benzene ring substituents is 1. The molecule has 0 spiro atoms. The lowest BCUT2D eigenvalue weighted by Crippen LogP contribution is -2.27. The van der Waals surface area contributed by atoms with E-state index in [9.17, 15) is 10.1 Å². The highest BCUT2D eigenvalue weighted by molar-refractivity contribution is 5.58. The summed E-state index contributed by atoms with van der Waals surface area (Å²) in [5.41, 5.74) is 6.36. The number of anilines is 1. The molecule has 0 radical (unpaired) electrons. The fraction of sp³-hybridized carbons (Fsp3) is 0.500. The summed E-state index contributed by atoms with van der Waals surface area (Å²) in [6, 6.07) is 4.90. The summed E-state index contributed by atoms with van der Waals surface area (Å²) in [4.78, 5) is 10.4. The summed E-state index contributed by atoms with van der Waals surface area (Å²) in [5, 5.41) is 14.0. The molecule has 100 valence electrons. The van der Waals surface area contributed by atoms with Crippen molar-refractivity contribution in [3.8, 4) is 5.75 Å². The van der Waals surface area contributed by atoms with Crippen molar-refractivity contribution >= 4 is 11.4 Å². The second kappa shape index (κ2) is 6.80. The fourth-order valence-electron chi connectivity index (χ4n) is 1.59. The number of nitrogens with two attached hydrogens (primary N) is 1. The molecular formula is C12H19N3O3. The maximum Gasteiger partial charge on any atom is 0.311 e.